The normalized spacial score (nSPS) is 9.71. The van der Waals surface area contributed by atoms with Gasteiger partial charge in [0.15, 0.2) is 12.4 Å². The van der Waals surface area contributed by atoms with E-state index in [-0.39, 0.29) is 0 Å². The van der Waals surface area contributed by atoms with Crippen LogP contribution in [0, 0.1) is 5.41 Å². The van der Waals surface area contributed by atoms with E-state index < -0.39 is 0 Å². The lowest BCUT2D eigenvalue weighted by Crippen LogP contribution is -2.28. The zero-order valence-electron chi connectivity index (χ0n) is 7.72. The molecule has 0 radical (unpaired) electrons. The summed E-state index contributed by atoms with van der Waals surface area (Å²) in [5.74, 6) is 0. The molecule has 0 atom stereocenters. The van der Waals surface area contributed by atoms with Crippen molar-refractivity contribution in [3.05, 3.63) is 60.4 Å². The predicted molar refractivity (Wildman–Crippen MR) is 55.9 cm³/mol. The summed E-state index contributed by atoms with van der Waals surface area (Å²) < 4.78 is 2.04. The maximum Gasteiger partial charge on any atom is 0.210 e. The van der Waals surface area contributed by atoms with Crippen LogP contribution in [0.15, 0.2) is 54.9 Å². The average molecular weight is 183 g/mol. The summed E-state index contributed by atoms with van der Waals surface area (Å²) in [6.07, 6.45) is 5.35. The molecule has 0 bridgehead atoms. The van der Waals surface area contributed by atoms with Gasteiger partial charge in [-0.25, -0.2) is 0 Å². The van der Waals surface area contributed by atoms with Crippen molar-refractivity contribution in [2.75, 3.05) is 0 Å². The second kappa shape index (κ2) is 3.83. The van der Waals surface area contributed by atoms with E-state index in [0.29, 0.717) is 0 Å². The van der Waals surface area contributed by atoms with Crippen LogP contribution in [0.25, 0.3) is 5.69 Å². The van der Waals surface area contributed by atoms with E-state index in [1.54, 1.807) is 0 Å². The lowest BCUT2D eigenvalue weighted by Gasteiger charge is -1.95. The van der Waals surface area contributed by atoms with Crippen molar-refractivity contribution in [2.24, 2.45) is 0 Å². The molecule has 68 valence electrons. The number of aromatic nitrogens is 1. The molecule has 2 nitrogen and oxygen atoms in total. The molecule has 2 heteroatoms. The molecule has 1 N–H and O–H groups in total. The summed E-state index contributed by atoms with van der Waals surface area (Å²) >= 11 is 0. The van der Waals surface area contributed by atoms with Crippen LogP contribution in [0.3, 0.4) is 0 Å². The minimum Gasteiger partial charge on any atom is -0.308 e. The molecule has 1 heterocycles. The first-order valence-electron chi connectivity index (χ1n) is 4.47. The molecule has 14 heavy (non-hydrogen) atoms. The SMILES string of the molecule is N=Cc1ccc(-[n+]2ccccc2)cc1. The molecular weight excluding hydrogens is 172 g/mol. The van der Waals surface area contributed by atoms with Gasteiger partial charge in [-0.05, 0) is 17.7 Å². The Morgan fingerprint density at radius 3 is 2.14 bits per heavy atom. The Bertz CT molecular complexity index is 418. The maximum atomic E-state index is 7.09. The number of hydrogen-bond acceptors (Lipinski definition) is 1. The van der Waals surface area contributed by atoms with E-state index >= 15 is 0 Å². The molecule has 0 aliphatic rings. The molecule has 1 aromatic heterocycles. The number of hydrogen-bond donors (Lipinski definition) is 1. The fourth-order valence-electron chi connectivity index (χ4n) is 1.31. The summed E-state index contributed by atoms with van der Waals surface area (Å²) in [5, 5.41) is 7.09. The van der Waals surface area contributed by atoms with Gasteiger partial charge in [0.05, 0.1) is 0 Å². The first kappa shape index (κ1) is 8.63. The van der Waals surface area contributed by atoms with E-state index in [0.717, 1.165) is 11.3 Å². The molecule has 0 unspecified atom stereocenters. The van der Waals surface area contributed by atoms with E-state index in [4.69, 9.17) is 5.41 Å². The van der Waals surface area contributed by atoms with Gasteiger partial charge in [0.2, 0.25) is 5.69 Å². The Morgan fingerprint density at radius 1 is 0.929 bits per heavy atom. The first-order valence-corrected chi connectivity index (χ1v) is 4.47. The van der Waals surface area contributed by atoms with Gasteiger partial charge in [0.25, 0.3) is 0 Å². The fraction of sp³-hybridized carbons (Fsp3) is 0. The minimum atomic E-state index is 0.922. The lowest BCUT2D eigenvalue weighted by atomic mass is 10.2. The van der Waals surface area contributed by atoms with Gasteiger partial charge in [-0.2, -0.15) is 4.57 Å². The topological polar surface area (TPSA) is 27.7 Å². The van der Waals surface area contributed by atoms with Gasteiger partial charge in [0, 0.05) is 30.5 Å². The Balaban J connectivity index is 2.39. The quantitative estimate of drug-likeness (QED) is 0.544. The monoisotopic (exact) mass is 183 g/mol. The number of nitrogens with one attached hydrogen (secondary N) is 1. The van der Waals surface area contributed by atoms with Crippen LogP contribution in [0.2, 0.25) is 0 Å². The van der Waals surface area contributed by atoms with Crippen molar-refractivity contribution in [3.8, 4) is 5.69 Å². The van der Waals surface area contributed by atoms with Crippen molar-refractivity contribution in [1.82, 2.24) is 0 Å². The van der Waals surface area contributed by atoms with Gasteiger partial charge in [-0.15, -0.1) is 0 Å². The minimum absolute atomic E-state index is 0.922. The molecule has 0 aliphatic carbocycles. The zero-order chi connectivity index (χ0) is 9.80. The standard InChI is InChI=1S/C12H11N2/c13-10-11-4-6-12(7-5-11)14-8-2-1-3-9-14/h1-10,13H/q+1. The highest BCUT2D eigenvalue weighted by atomic mass is 14.9. The van der Waals surface area contributed by atoms with E-state index in [2.05, 4.69) is 0 Å². The fourth-order valence-corrected chi connectivity index (χ4v) is 1.31. The number of nitrogens with zero attached hydrogens (tertiary/aromatic N) is 1. The number of pyridine rings is 1. The van der Waals surface area contributed by atoms with Gasteiger partial charge < -0.3 is 5.41 Å². The van der Waals surface area contributed by atoms with Crippen LogP contribution in [0.1, 0.15) is 5.56 Å². The van der Waals surface area contributed by atoms with E-state index in [1.165, 1.54) is 6.21 Å². The molecule has 0 saturated carbocycles. The van der Waals surface area contributed by atoms with E-state index in [1.807, 2.05) is 59.4 Å². The second-order valence-corrected chi connectivity index (χ2v) is 3.02. The molecule has 2 aromatic rings. The Kier molecular flexibility index (Phi) is 2.36. The highest BCUT2D eigenvalue weighted by Gasteiger charge is 2.01. The van der Waals surface area contributed by atoms with Crippen molar-refractivity contribution >= 4 is 6.21 Å². The van der Waals surface area contributed by atoms with Crippen LogP contribution in [0.5, 0.6) is 0 Å². The molecule has 2 rings (SSSR count). The van der Waals surface area contributed by atoms with Gasteiger partial charge in [-0.3, -0.25) is 0 Å². The van der Waals surface area contributed by atoms with Gasteiger partial charge in [0.1, 0.15) is 0 Å². The summed E-state index contributed by atoms with van der Waals surface area (Å²) in [6.45, 7) is 0. The zero-order valence-corrected chi connectivity index (χ0v) is 7.72. The summed E-state index contributed by atoms with van der Waals surface area (Å²) in [6, 6.07) is 13.8. The summed E-state index contributed by atoms with van der Waals surface area (Å²) in [5.41, 5.74) is 2.03. The summed E-state index contributed by atoms with van der Waals surface area (Å²) in [4.78, 5) is 0. The van der Waals surface area contributed by atoms with Crippen LogP contribution in [-0.4, -0.2) is 6.21 Å². The van der Waals surface area contributed by atoms with E-state index in [9.17, 15) is 0 Å². The van der Waals surface area contributed by atoms with Crippen molar-refractivity contribution in [1.29, 1.82) is 5.41 Å². The largest absolute Gasteiger partial charge is 0.308 e. The van der Waals surface area contributed by atoms with Crippen LogP contribution < -0.4 is 4.57 Å². The average Bonchev–Trinajstić information content (AvgIpc) is 2.30. The molecule has 0 saturated heterocycles. The van der Waals surface area contributed by atoms with Gasteiger partial charge in [-0.1, -0.05) is 6.07 Å². The van der Waals surface area contributed by atoms with Crippen LogP contribution in [-0.2, 0) is 0 Å². The molecule has 0 spiro atoms. The van der Waals surface area contributed by atoms with Crippen molar-refractivity contribution < 1.29 is 4.57 Å². The molecule has 0 amide bonds. The smallest absolute Gasteiger partial charge is 0.210 e. The third-order valence-electron chi connectivity index (χ3n) is 2.07. The van der Waals surface area contributed by atoms with Gasteiger partial charge >= 0.3 is 0 Å². The predicted octanol–water partition coefficient (Wildman–Crippen LogP) is 1.96. The Labute approximate surface area is 83.0 Å². The number of rotatable bonds is 2. The Morgan fingerprint density at radius 2 is 1.57 bits per heavy atom. The molecule has 0 aliphatic heterocycles. The van der Waals surface area contributed by atoms with Crippen LogP contribution >= 0.6 is 0 Å². The van der Waals surface area contributed by atoms with Crippen molar-refractivity contribution in [3.63, 3.8) is 0 Å². The third kappa shape index (κ3) is 1.69. The Hall–Kier alpha value is -1.96. The molecular formula is C12H11N2+. The third-order valence-corrected chi connectivity index (χ3v) is 2.07. The van der Waals surface area contributed by atoms with Crippen LogP contribution in [0.4, 0.5) is 0 Å². The highest BCUT2D eigenvalue weighted by molar-refractivity contribution is 5.76. The molecule has 0 fully saturated rings. The number of benzene rings is 1. The maximum absolute atomic E-state index is 7.09. The highest BCUT2D eigenvalue weighted by Crippen LogP contribution is 2.01. The lowest BCUT2D eigenvalue weighted by molar-refractivity contribution is -0.595. The molecule has 1 aromatic carbocycles. The first-order chi connectivity index (χ1) is 6.90. The second-order valence-electron chi connectivity index (χ2n) is 3.02. The van der Waals surface area contributed by atoms with Crippen molar-refractivity contribution in [2.45, 2.75) is 0 Å². The summed E-state index contributed by atoms with van der Waals surface area (Å²) in [7, 11) is 0.